The maximum Gasteiger partial charge on any atom is 0.327 e. The van der Waals surface area contributed by atoms with Crippen LogP contribution in [0.15, 0.2) is 12.3 Å². The van der Waals surface area contributed by atoms with E-state index in [1.165, 1.54) is 4.68 Å². The van der Waals surface area contributed by atoms with E-state index in [0.717, 1.165) is 0 Å². The second-order valence-electron chi connectivity index (χ2n) is 2.89. The van der Waals surface area contributed by atoms with Gasteiger partial charge in [0.1, 0.15) is 12.4 Å². The third kappa shape index (κ3) is 3.90. The van der Waals surface area contributed by atoms with Crippen molar-refractivity contribution >= 4 is 29.3 Å². The monoisotopic (exact) mass is 245 g/mol. The molecule has 1 N–H and O–H groups in total. The molecule has 0 bridgehead atoms. The molecule has 0 spiro atoms. The molecule has 0 saturated heterocycles. The predicted octanol–water partition coefficient (Wildman–Crippen LogP) is 0.623. The van der Waals surface area contributed by atoms with Gasteiger partial charge in [0, 0.05) is 12.3 Å². The normalized spacial score (nSPS) is 9.88. The zero-order chi connectivity index (χ0) is 12.0. The molecule has 1 aromatic rings. The molecule has 0 radical (unpaired) electrons. The third-order valence-electron chi connectivity index (χ3n) is 1.63. The number of halogens is 1. The quantitative estimate of drug-likeness (QED) is 0.610. The zero-order valence-electron chi connectivity index (χ0n) is 8.77. The number of carbonyl (C=O) groups excluding carboxylic acids is 2. The number of ether oxygens (including phenoxy) is 1. The van der Waals surface area contributed by atoms with Crippen LogP contribution in [0.4, 0.5) is 5.82 Å². The summed E-state index contributed by atoms with van der Waals surface area (Å²) in [4.78, 5) is 22.0. The predicted molar refractivity (Wildman–Crippen MR) is 58.2 cm³/mol. The van der Waals surface area contributed by atoms with Crippen LogP contribution in [0.25, 0.3) is 0 Å². The summed E-state index contributed by atoms with van der Waals surface area (Å²) >= 11 is 5.31. The SMILES string of the molecule is CCOC(=O)Cn1ccc(NC(=O)CCl)n1. The molecule has 1 heterocycles. The first-order chi connectivity index (χ1) is 7.65. The Kier molecular flexibility index (Phi) is 4.78. The van der Waals surface area contributed by atoms with Crippen molar-refractivity contribution in [2.45, 2.75) is 13.5 Å². The van der Waals surface area contributed by atoms with Crippen molar-refractivity contribution in [3.63, 3.8) is 0 Å². The first-order valence-electron chi connectivity index (χ1n) is 4.70. The van der Waals surface area contributed by atoms with Crippen molar-refractivity contribution < 1.29 is 14.3 Å². The second-order valence-corrected chi connectivity index (χ2v) is 3.15. The van der Waals surface area contributed by atoms with Gasteiger partial charge in [-0.1, -0.05) is 0 Å². The Hall–Kier alpha value is -1.56. The second kappa shape index (κ2) is 6.12. The van der Waals surface area contributed by atoms with Gasteiger partial charge < -0.3 is 10.1 Å². The van der Waals surface area contributed by atoms with Crippen molar-refractivity contribution in [1.29, 1.82) is 0 Å². The average Bonchev–Trinajstić information content (AvgIpc) is 2.65. The number of esters is 1. The van der Waals surface area contributed by atoms with Crippen LogP contribution < -0.4 is 5.32 Å². The molecule has 0 aromatic carbocycles. The van der Waals surface area contributed by atoms with E-state index in [2.05, 4.69) is 10.4 Å². The first kappa shape index (κ1) is 12.5. The van der Waals surface area contributed by atoms with Crippen molar-refractivity contribution in [2.24, 2.45) is 0 Å². The van der Waals surface area contributed by atoms with Crippen LogP contribution in [0.3, 0.4) is 0 Å². The van der Waals surface area contributed by atoms with Crippen LogP contribution in [-0.2, 0) is 20.9 Å². The van der Waals surface area contributed by atoms with Crippen LogP contribution >= 0.6 is 11.6 Å². The molecule has 7 heteroatoms. The van der Waals surface area contributed by atoms with Crippen LogP contribution in [0, 0.1) is 0 Å². The first-order valence-corrected chi connectivity index (χ1v) is 5.24. The number of aromatic nitrogens is 2. The Balaban J connectivity index is 2.51. The fraction of sp³-hybridized carbons (Fsp3) is 0.444. The van der Waals surface area contributed by atoms with Crippen LogP contribution in [0.5, 0.6) is 0 Å². The lowest BCUT2D eigenvalue weighted by Gasteiger charge is -2.01. The van der Waals surface area contributed by atoms with Gasteiger partial charge in [0.05, 0.1) is 6.61 Å². The number of amides is 1. The van der Waals surface area contributed by atoms with E-state index in [9.17, 15) is 9.59 Å². The van der Waals surface area contributed by atoms with E-state index < -0.39 is 0 Å². The molecule has 0 fully saturated rings. The molecule has 0 aliphatic heterocycles. The molecule has 88 valence electrons. The van der Waals surface area contributed by atoms with Crippen molar-refractivity contribution in [3.8, 4) is 0 Å². The highest BCUT2D eigenvalue weighted by atomic mass is 35.5. The Morgan fingerprint density at radius 3 is 3.00 bits per heavy atom. The number of carbonyl (C=O) groups is 2. The van der Waals surface area contributed by atoms with Gasteiger partial charge in [0.15, 0.2) is 5.82 Å². The van der Waals surface area contributed by atoms with E-state index >= 15 is 0 Å². The zero-order valence-corrected chi connectivity index (χ0v) is 9.53. The van der Waals surface area contributed by atoms with Gasteiger partial charge in [-0.15, -0.1) is 11.6 Å². The van der Waals surface area contributed by atoms with E-state index in [1.54, 1.807) is 19.2 Å². The number of hydrogen-bond donors (Lipinski definition) is 1. The number of hydrogen-bond acceptors (Lipinski definition) is 4. The summed E-state index contributed by atoms with van der Waals surface area (Å²) in [6.07, 6.45) is 1.57. The smallest absolute Gasteiger partial charge is 0.327 e. The molecule has 0 saturated carbocycles. The van der Waals surface area contributed by atoms with Gasteiger partial charge >= 0.3 is 5.97 Å². The summed E-state index contributed by atoms with van der Waals surface area (Å²) in [5.41, 5.74) is 0. The average molecular weight is 246 g/mol. The minimum atomic E-state index is -0.374. The maximum atomic E-state index is 11.1. The number of anilines is 1. The minimum absolute atomic E-state index is 0.0184. The van der Waals surface area contributed by atoms with Gasteiger partial charge in [-0.05, 0) is 6.92 Å². The summed E-state index contributed by atoms with van der Waals surface area (Å²) in [6.45, 7) is 2.08. The van der Waals surface area contributed by atoms with Gasteiger partial charge in [0.2, 0.25) is 5.91 Å². The molecule has 0 aliphatic carbocycles. The highest BCUT2D eigenvalue weighted by Gasteiger charge is 2.06. The molecule has 6 nitrogen and oxygen atoms in total. The van der Waals surface area contributed by atoms with E-state index in [4.69, 9.17) is 16.3 Å². The molecule has 1 aromatic heterocycles. The lowest BCUT2D eigenvalue weighted by molar-refractivity contribution is -0.144. The highest BCUT2D eigenvalue weighted by molar-refractivity contribution is 6.28. The number of alkyl halides is 1. The topological polar surface area (TPSA) is 73.2 Å². The van der Waals surface area contributed by atoms with Gasteiger partial charge in [0.25, 0.3) is 0 Å². The van der Waals surface area contributed by atoms with Crippen LogP contribution in [-0.4, -0.2) is 34.1 Å². The number of nitrogens with one attached hydrogen (secondary N) is 1. The van der Waals surface area contributed by atoms with Gasteiger partial charge in [-0.2, -0.15) is 5.10 Å². The minimum Gasteiger partial charge on any atom is -0.465 e. The fourth-order valence-electron chi connectivity index (χ4n) is 1.03. The Labute approximate surface area is 97.5 Å². The number of nitrogens with zero attached hydrogens (tertiary/aromatic N) is 2. The van der Waals surface area contributed by atoms with E-state index in [1.807, 2.05) is 0 Å². The molecule has 16 heavy (non-hydrogen) atoms. The lowest BCUT2D eigenvalue weighted by Crippen LogP contribution is -2.16. The summed E-state index contributed by atoms with van der Waals surface area (Å²) < 4.78 is 6.13. The summed E-state index contributed by atoms with van der Waals surface area (Å²) in [5, 5.41) is 6.41. The molecule has 0 atom stereocenters. The van der Waals surface area contributed by atoms with Crippen molar-refractivity contribution in [1.82, 2.24) is 9.78 Å². The van der Waals surface area contributed by atoms with Crippen LogP contribution in [0.1, 0.15) is 6.92 Å². The molecule has 0 aliphatic rings. The molecule has 1 rings (SSSR count). The maximum absolute atomic E-state index is 11.1. The number of rotatable bonds is 5. The summed E-state index contributed by atoms with van der Waals surface area (Å²) in [7, 11) is 0. The molecular formula is C9H12ClN3O3. The Morgan fingerprint density at radius 2 is 2.38 bits per heavy atom. The largest absolute Gasteiger partial charge is 0.465 e. The summed E-state index contributed by atoms with van der Waals surface area (Å²) in [5.74, 6) is -0.496. The highest BCUT2D eigenvalue weighted by Crippen LogP contribution is 2.02. The standard InChI is InChI=1S/C9H12ClN3O3/c1-2-16-9(15)6-13-4-3-7(12-13)11-8(14)5-10/h3-4H,2,5-6H2,1H3,(H,11,12,14). The molecular weight excluding hydrogens is 234 g/mol. The van der Waals surface area contributed by atoms with Crippen molar-refractivity contribution in [3.05, 3.63) is 12.3 Å². The Bertz CT molecular complexity index is 378. The van der Waals surface area contributed by atoms with Crippen molar-refractivity contribution in [2.75, 3.05) is 17.8 Å². The third-order valence-corrected chi connectivity index (χ3v) is 1.87. The summed E-state index contributed by atoms with van der Waals surface area (Å²) in [6, 6.07) is 1.57. The molecule has 1 amide bonds. The van der Waals surface area contributed by atoms with Crippen LogP contribution in [0.2, 0.25) is 0 Å². The molecule has 0 unspecified atom stereocenters. The van der Waals surface area contributed by atoms with Gasteiger partial charge in [-0.25, -0.2) is 0 Å². The van der Waals surface area contributed by atoms with Gasteiger partial charge in [-0.3, -0.25) is 14.3 Å². The lowest BCUT2D eigenvalue weighted by atomic mass is 10.6. The Morgan fingerprint density at radius 1 is 1.62 bits per heavy atom. The van der Waals surface area contributed by atoms with E-state index in [-0.39, 0.29) is 24.3 Å². The fourth-order valence-corrected chi connectivity index (χ4v) is 1.10. The van der Waals surface area contributed by atoms with E-state index in [0.29, 0.717) is 12.4 Å².